The fraction of sp³-hybridized carbons (Fsp3) is 0.111. The van der Waals surface area contributed by atoms with Crippen molar-refractivity contribution >= 4 is 11.6 Å². The van der Waals surface area contributed by atoms with Crippen molar-refractivity contribution in [3.8, 4) is 5.69 Å². The molecule has 0 radical (unpaired) electrons. The van der Waals surface area contributed by atoms with Crippen molar-refractivity contribution in [1.82, 2.24) is 14.8 Å². The highest BCUT2D eigenvalue weighted by Crippen LogP contribution is 2.14. The van der Waals surface area contributed by atoms with Crippen LogP contribution in [0.15, 0.2) is 24.5 Å². The summed E-state index contributed by atoms with van der Waals surface area (Å²) in [5.41, 5.74) is 0.439. The zero-order valence-electron chi connectivity index (χ0n) is 7.49. The minimum atomic E-state index is -0.915. The van der Waals surface area contributed by atoms with Gasteiger partial charge in [0.15, 0.2) is 17.5 Å². The van der Waals surface area contributed by atoms with Crippen molar-refractivity contribution in [2.75, 3.05) is 0 Å². The van der Waals surface area contributed by atoms with Gasteiger partial charge in [0.05, 0.1) is 11.6 Å². The van der Waals surface area contributed by atoms with E-state index in [1.165, 1.54) is 17.0 Å². The molecular formula is C9H6ClF2N3. The number of hydrogen-bond acceptors (Lipinski definition) is 2. The molecule has 0 saturated heterocycles. The fourth-order valence-corrected chi connectivity index (χ4v) is 1.38. The highest BCUT2D eigenvalue weighted by atomic mass is 35.5. The summed E-state index contributed by atoms with van der Waals surface area (Å²) in [5.74, 6) is -1.18. The van der Waals surface area contributed by atoms with Crippen LogP contribution in [0.2, 0.25) is 0 Å². The minimum absolute atomic E-state index is 0.152. The Morgan fingerprint density at radius 3 is 2.73 bits per heavy atom. The number of rotatable bonds is 2. The first-order chi connectivity index (χ1) is 7.22. The van der Waals surface area contributed by atoms with Crippen LogP contribution in [-0.2, 0) is 5.88 Å². The van der Waals surface area contributed by atoms with E-state index in [1.807, 2.05) is 0 Å². The number of halogens is 3. The molecule has 0 fully saturated rings. The summed E-state index contributed by atoms with van der Waals surface area (Å²) in [5, 5.41) is 7.36. The van der Waals surface area contributed by atoms with Crippen molar-refractivity contribution in [2.45, 2.75) is 5.88 Å². The Kier molecular flexibility index (Phi) is 2.64. The van der Waals surface area contributed by atoms with Crippen LogP contribution in [0.25, 0.3) is 5.69 Å². The van der Waals surface area contributed by atoms with Crippen molar-refractivity contribution < 1.29 is 8.78 Å². The molecule has 2 aromatic rings. The molecular weight excluding hydrogens is 224 g/mol. The molecule has 0 N–H and O–H groups in total. The highest BCUT2D eigenvalue weighted by molar-refractivity contribution is 6.16. The summed E-state index contributed by atoms with van der Waals surface area (Å²) < 4.78 is 27.1. The average Bonchev–Trinajstić information content (AvgIpc) is 2.70. The van der Waals surface area contributed by atoms with Gasteiger partial charge in [-0.1, -0.05) is 0 Å². The molecule has 6 heteroatoms. The summed E-state index contributed by atoms with van der Waals surface area (Å²) in [6, 6.07) is 3.54. The maximum Gasteiger partial charge on any atom is 0.160 e. The van der Waals surface area contributed by atoms with Gasteiger partial charge in [-0.05, 0) is 12.1 Å². The fourth-order valence-electron chi connectivity index (χ4n) is 1.20. The number of benzene rings is 1. The summed E-state index contributed by atoms with van der Waals surface area (Å²) in [6.45, 7) is 0. The van der Waals surface area contributed by atoms with E-state index in [0.29, 0.717) is 11.5 Å². The summed E-state index contributed by atoms with van der Waals surface area (Å²) in [6.07, 6.45) is 1.39. The van der Waals surface area contributed by atoms with Gasteiger partial charge in [-0.25, -0.2) is 8.78 Å². The SMILES string of the molecule is Fc1ccc(-n2cnnc2CCl)cc1F. The van der Waals surface area contributed by atoms with E-state index in [-0.39, 0.29) is 5.88 Å². The topological polar surface area (TPSA) is 30.7 Å². The van der Waals surface area contributed by atoms with Crippen molar-refractivity contribution in [3.05, 3.63) is 42.0 Å². The Hall–Kier alpha value is -1.49. The molecule has 78 valence electrons. The van der Waals surface area contributed by atoms with E-state index >= 15 is 0 Å². The lowest BCUT2D eigenvalue weighted by Crippen LogP contribution is -1.99. The second-order valence-corrected chi connectivity index (χ2v) is 3.12. The first-order valence-corrected chi connectivity index (χ1v) is 4.66. The molecule has 2 rings (SSSR count). The molecule has 15 heavy (non-hydrogen) atoms. The molecule has 0 aliphatic heterocycles. The van der Waals surface area contributed by atoms with E-state index in [0.717, 1.165) is 12.1 Å². The van der Waals surface area contributed by atoms with Crippen LogP contribution < -0.4 is 0 Å². The molecule has 0 spiro atoms. The molecule has 3 nitrogen and oxygen atoms in total. The monoisotopic (exact) mass is 229 g/mol. The van der Waals surface area contributed by atoms with Gasteiger partial charge < -0.3 is 0 Å². The van der Waals surface area contributed by atoms with Gasteiger partial charge in [0, 0.05) is 6.07 Å². The van der Waals surface area contributed by atoms with Crippen LogP contribution in [-0.4, -0.2) is 14.8 Å². The van der Waals surface area contributed by atoms with Gasteiger partial charge in [0.25, 0.3) is 0 Å². The minimum Gasteiger partial charge on any atom is -0.284 e. The molecule has 0 atom stereocenters. The molecule has 0 aliphatic rings. The third-order valence-corrected chi connectivity index (χ3v) is 2.16. The Morgan fingerprint density at radius 1 is 1.27 bits per heavy atom. The number of nitrogens with zero attached hydrogens (tertiary/aromatic N) is 3. The summed E-state index contributed by atoms with van der Waals surface area (Å²) in [7, 11) is 0. The molecule has 1 heterocycles. The van der Waals surface area contributed by atoms with E-state index in [4.69, 9.17) is 11.6 Å². The third-order valence-electron chi connectivity index (χ3n) is 1.92. The lowest BCUT2D eigenvalue weighted by Gasteiger charge is -2.04. The Bertz CT molecular complexity index is 484. The first-order valence-electron chi connectivity index (χ1n) is 4.12. The zero-order chi connectivity index (χ0) is 10.8. The number of hydrogen-bond donors (Lipinski definition) is 0. The van der Waals surface area contributed by atoms with Gasteiger partial charge in [-0.15, -0.1) is 21.8 Å². The van der Waals surface area contributed by atoms with Crippen molar-refractivity contribution in [3.63, 3.8) is 0 Å². The average molecular weight is 230 g/mol. The second-order valence-electron chi connectivity index (χ2n) is 2.85. The van der Waals surface area contributed by atoms with Gasteiger partial charge in [0.2, 0.25) is 0 Å². The molecule has 1 aromatic carbocycles. The van der Waals surface area contributed by atoms with Crippen LogP contribution in [0.1, 0.15) is 5.82 Å². The van der Waals surface area contributed by atoms with E-state index in [1.54, 1.807) is 0 Å². The maximum atomic E-state index is 12.9. The first kappa shape index (κ1) is 10.0. The van der Waals surface area contributed by atoms with Crippen LogP contribution in [0, 0.1) is 11.6 Å². The van der Waals surface area contributed by atoms with Gasteiger partial charge in [-0.2, -0.15) is 0 Å². The van der Waals surface area contributed by atoms with E-state index < -0.39 is 11.6 Å². The lowest BCUT2D eigenvalue weighted by atomic mass is 10.3. The van der Waals surface area contributed by atoms with E-state index in [2.05, 4.69) is 10.2 Å². The quantitative estimate of drug-likeness (QED) is 0.740. The Balaban J connectivity index is 2.50. The normalized spacial score (nSPS) is 10.6. The molecule has 0 saturated carbocycles. The predicted molar refractivity (Wildman–Crippen MR) is 50.8 cm³/mol. The van der Waals surface area contributed by atoms with Crippen molar-refractivity contribution in [2.24, 2.45) is 0 Å². The van der Waals surface area contributed by atoms with Crippen LogP contribution in [0.5, 0.6) is 0 Å². The summed E-state index contributed by atoms with van der Waals surface area (Å²) in [4.78, 5) is 0. The predicted octanol–water partition coefficient (Wildman–Crippen LogP) is 2.28. The molecule has 1 aromatic heterocycles. The molecule has 0 unspecified atom stereocenters. The second kappa shape index (κ2) is 3.94. The number of aromatic nitrogens is 3. The standard InChI is InChI=1S/C9H6ClF2N3/c10-4-9-14-13-5-15(9)6-1-2-7(11)8(12)3-6/h1-3,5H,4H2. The van der Waals surface area contributed by atoms with Crippen LogP contribution >= 0.6 is 11.6 Å². The largest absolute Gasteiger partial charge is 0.284 e. The molecule has 0 amide bonds. The highest BCUT2D eigenvalue weighted by Gasteiger charge is 2.08. The van der Waals surface area contributed by atoms with Crippen molar-refractivity contribution in [1.29, 1.82) is 0 Å². The van der Waals surface area contributed by atoms with Gasteiger partial charge in [-0.3, -0.25) is 4.57 Å². The Morgan fingerprint density at radius 2 is 2.07 bits per heavy atom. The smallest absolute Gasteiger partial charge is 0.160 e. The van der Waals surface area contributed by atoms with Gasteiger partial charge >= 0.3 is 0 Å². The number of alkyl halides is 1. The summed E-state index contributed by atoms with van der Waals surface area (Å²) >= 11 is 5.60. The van der Waals surface area contributed by atoms with Crippen LogP contribution in [0.3, 0.4) is 0 Å². The lowest BCUT2D eigenvalue weighted by molar-refractivity contribution is 0.508. The van der Waals surface area contributed by atoms with Crippen LogP contribution in [0.4, 0.5) is 8.78 Å². The van der Waals surface area contributed by atoms with E-state index in [9.17, 15) is 8.78 Å². The molecule has 0 aliphatic carbocycles. The van der Waals surface area contributed by atoms with Gasteiger partial charge in [0.1, 0.15) is 6.33 Å². The maximum absolute atomic E-state index is 12.9. The Labute approximate surface area is 89.3 Å². The zero-order valence-corrected chi connectivity index (χ0v) is 8.25. The molecule has 0 bridgehead atoms. The third kappa shape index (κ3) is 1.83.